The van der Waals surface area contributed by atoms with Crippen LogP contribution in [0.1, 0.15) is 27.2 Å². The fraction of sp³-hybridized carbons (Fsp3) is 0.692. The van der Waals surface area contributed by atoms with Gasteiger partial charge in [0.25, 0.3) is 0 Å². The van der Waals surface area contributed by atoms with E-state index in [2.05, 4.69) is 0 Å². The molecule has 0 amide bonds. The Morgan fingerprint density at radius 2 is 1.76 bits per heavy atom. The van der Waals surface area contributed by atoms with Crippen LogP contribution in [0.5, 0.6) is 0 Å². The van der Waals surface area contributed by atoms with Gasteiger partial charge in [-0.05, 0) is 0 Å². The molecule has 1 heterocycles. The zero-order valence-electron chi connectivity index (χ0n) is 12.0. The number of hydrogen-bond donors (Lipinski definition) is 0. The normalized spacial score (nSPS) is 28.1. The van der Waals surface area contributed by atoms with Crippen LogP contribution < -0.4 is 0 Å². The van der Waals surface area contributed by atoms with Crippen molar-refractivity contribution < 1.29 is 33.3 Å². The molecule has 1 saturated heterocycles. The minimum atomic E-state index is -0.935. The average Bonchev–Trinajstić information content (AvgIpc) is 2.37. The van der Waals surface area contributed by atoms with Gasteiger partial charge in [-0.1, -0.05) is 0 Å². The van der Waals surface area contributed by atoms with Crippen molar-refractivity contribution in [3.8, 4) is 6.07 Å². The maximum atomic E-state index is 11.2. The van der Waals surface area contributed by atoms with Crippen LogP contribution in [0, 0.1) is 11.3 Å². The lowest BCUT2D eigenvalue weighted by molar-refractivity contribution is -0.208. The molecule has 0 N–H and O–H groups in total. The van der Waals surface area contributed by atoms with Crippen molar-refractivity contribution in [1.82, 2.24) is 0 Å². The number of esters is 3. The van der Waals surface area contributed by atoms with Crippen LogP contribution >= 0.6 is 0 Å². The third-order valence-corrected chi connectivity index (χ3v) is 2.73. The number of carbonyl (C=O) groups excluding carboxylic acids is 3. The summed E-state index contributed by atoms with van der Waals surface area (Å²) >= 11 is 0. The molecule has 8 heteroatoms. The highest BCUT2D eigenvalue weighted by Gasteiger charge is 2.43. The molecule has 0 aromatic carbocycles. The molecule has 0 radical (unpaired) electrons. The molecule has 1 fully saturated rings. The molecule has 0 saturated carbocycles. The van der Waals surface area contributed by atoms with E-state index in [0.717, 1.165) is 0 Å². The largest absolute Gasteiger partial charge is 0.463 e. The highest BCUT2D eigenvalue weighted by molar-refractivity contribution is 5.67. The summed E-state index contributed by atoms with van der Waals surface area (Å²) in [4.78, 5) is 33.2. The molecule has 0 bridgehead atoms. The summed E-state index contributed by atoms with van der Waals surface area (Å²) < 4.78 is 20.4. The lowest BCUT2D eigenvalue weighted by Crippen LogP contribution is -2.53. The molecular formula is C13H17NO7. The Kier molecular flexibility index (Phi) is 6.11. The quantitative estimate of drug-likeness (QED) is 0.530. The van der Waals surface area contributed by atoms with Gasteiger partial charge >= 0.3 is 17.9 Å². The lowest BCUT2D eigenvalue weighted by Gasteiger charge is -2.38. The van der Waals surface area contributed by atoms with Gasteiger partial charge in [0.1, 0.15) is 24.9 Å². The van der Waals surface area contributed by atoms with Crippen molar-refractivity contribution in [3.63, 3.8) is 0 Å². The molecule has 21 heavy (non-hydrogen) atoms. The number of carbonyl (C=O) groups is 3. The van der Waals surface area contributed by atoms with Crippen LogP contribution in [-0.2, 0) is 33.3 Å². The van der Waals surface area contributed by atoms with E-state index in [0.29, 0.717) is 0 Å². The lowest BCUT2D eigenvalue weighted by atomic mass is 9.98. The van der Waals surface area contributed by atoms with Crippen LogP contribution in [0.25, 0.3) is 0 Å². The molecular weight excluding hydrogens is 282 g/mol. The molecule has 0 unspecified atom stereocenters. The first kappa shape index (κ1) is 16.9. The molecule has 116 valence electrons. The summed E-state index contributed by atoms with van der Waals surface area (Å²) in [5.74, 6) is -1.70. The summed E-state index contributed by atoms with van der Waals surface area (Å²) in [5.41, 5.74) is 0. The van der Waals surface area contributed by atoms with Crippen LogP contribution in [-0.4, -0.2) is 48.9 Å². The van der Waals surface area contributed by atoms with Crippen molar-refractivity contribution >= 4 is 17.9 Å². The van der Waals surface area contributed by atoms with Gasteiger partial charge in [-0.25, -0.2) is 0 Å². The van der Waals surface area contributed by atoms with Crippen LogP contribution in [0.15, 0.2) is 0 Å². The minimum Gasteiger partial charge on any atom is -0.463 e. The Bertz CT molecular complexity index is 456. The average molecular weight is 299 g/mol. The molecule has 0 aromatic rings. The standard InChI is InChI=1S/C13H17NO7/c1-7(15)18-6-12-13(20-9(3)17)11(19-8(2)16)4-10(5-14)21-12/h10-13H,4,6H2,1-3H3/t10-,11+,12+,13-/m0/s1. The Morgan fingerprint density at radius 3 is 2.24 bits per heavy atom. The molecule has 0 spiro atoms. The van der Waals surface area contributed by atoms with E-state index < -0.39 is 42.3 Å². The second kappa shape index (κ2) is 7.59. The van der Waals surface area contributed by atoms with Crippen molar-refractivity contribution in [2.24, 2.45) is 0 Å². The van der Waals surface area contributed by atoms with Crippen LogP contribution in [0.3, 0.4) is 0 Å². The summed E-state index contributed by atoms with van der Waals surface area (Å²) in [6, 6.07) is 1.90. The summed E-state index contributed by atoms with van der Waals surface area (Å²) in [6.45, 7) is 3.42. The molecule has 8 nitrogen and oxygen atoms in total. The molecule has 4 atom stereocenters. The summed E-state index contributed by atoms with van der Waals surface area (Å²) in [7, 11) is 0. The monoisotopic (exact) mass is 299 g/mol. The number of nitrogens with zero attached hydrogens (tertiary/aromatic N) is 1. The van der Waals surface area contributed by atoms with Crippen molar-refractivity contribution in [2.45, 2.75) is 51.6 Å². The molecule has 1 aliphatic rings. The van der Waals surface area contributed by atoms with E-state index in [1.807, 2.05) is 6.07 Å². The van der Waals surface area contributed by atoms with E-state index in [1.165, 1.54) is 20.8 Å². The highest BCUT2D eigenvalue weighted by Crippen LogP contribution is 2.26. The third kappa shape index (κ3) is 5.39. The Balaban J connectivity index is 2.90. The van der Waals surface area contributed by atoms with Crippen LogP contribution in [0.2, 0.25) is 0 Å². The van der Waals surface area contributed by atoms with E-state index in [1.54, 1.807) is 0 Å². The number of nitriles is 1. The summed E-state index contributed by atoms with van der Waals surface area (Å²) in [5, 5.41) is 8.98. The maximum Gasteiger partial charge on any atom is 0.303 e. The SMILES string of the molecule is CC(=O)OC[C@H]1O[C@H](C#N)C[C@@H](OC(C)=O)[C@@H]1OC(C)=O. The van der Waals surface area contributed by atoms with E-state index >= 15 is 0 Å². The van der Waals surface area contributed by atoms with Gasteiger partial charge in [-0.2, -0.15) is 5.26 Å². The topological polar surface area (TPSA) is 112 Å². The van der Waals surface area contributed by atoms with Gasteiger partial charge in [0.2, 0.25) is 0 Å². The second-order valence-electron chi connectivity index (χ2n) is 4.55. The van der Waals surface area contributed by atoms with Crippen LogP contribution in [0.4, 0.5) is 0 Å². The minimum absolute atomic E-state index is 0.0740. The predicted octanol–water partition coefficient (Wildman–Crippen LogP) is 0.0940. The maximum absolute atomic E-state index is 11.2. The van der Waals surface area contributed by atoms with Gasteiger partial charge in [0.05, 0.1) is 6.07 Å². The Morgan fingerprint density at radius 1 is 1.14 bits per heavy atom. The smallest absolute Gasteiger partial charge is 0.303 e. The van der Waals surface area contributed by atoms with Crippen molar-refractivity contribution in [2.75, 3.05) is 6.61 Å². The van der Waals surface area contributed by atoms with Gasteiger partial charge in [0, 0.05) is 27.2 Å². The molecule has 1 rings (SSSR count). The van der Waals surface area contributed by atoms with Crippen molar-refractivity contribution in [3.05, 3.63) is 0 Å². The first-order valence-corrected chi connectivity index (χ1v) is 6.36. The van der Waals surface area contributed by atoms with E-state index in [9.17, 15) is 14.4 Å². The second-order valence-corrected chi connectivity index (χ2v) is 4.55. The van der Waals surface area contributed by atoms with E-state index in [4.69, 9.17) is 24.2 Å². The van der Waals surface area contributed by atoms with Gasteiger partial charge in [0.15, 0.2) is 6.10 Å². The molecule has 0 aliphatic carbocycles. The first-order valence-electron chi connectivity index (χ1n) is 6.36. The highest BCUT2D eigenvalue weighted by atomic mass is 16.6. The zero-order valence-corrected chi connectivity index (χ0v) is 12.0. The number of rotatable bonds is 4. The third-order valence-electron chi connectivity index (χ3n) is 2.73. The Labute approximate surface area is 121 Å². The Hall–Kier alpha value is -2.14. The summed E-state index contributed by atoms with van der Waals surface area (Å²) in [6.07, 6.45) is -3.41. The fourth-order valence-corrected chi connectivity index (χ4v) is 2.02. The van der Waals surface area contributed by atoms with Crippen molar-refractivity contribution in [1.29, 1.82) is 5.26 Å². The molecule has 0 aromatic heterocycles. The first-order chi connectivity index (χ1) is 9.83. The molecule has 1 aliphatic heterocycles. The fourth-order valence-electron chi connectivity index (χ4n) is 2.02. The van der Waals surface area contributed by atoms with Gasteiger partial charge in [-0.15, -0.1) is 0 Å². The van der Waals surface area contributed by atoms with Gasteiger partial charge in [-0.3, -0.25) is 14.4 Å². The number of ether oxygens (including phenoxy) is 4. The predicted molar refractivity (Wildman–Crippen MR) is 66.6 cm³/mol. The van der Waals surface area contributed by atoms with Gasteiger partial charge < -0.3 is 18.9 Å². The van der Waals surface area contributed by atoms with E-state index in [-0.39, 0.29) is 13.0 Å². The zero-order chi connectivity index (χ0) is 16.0. The number of hydrogen-bond acceptors (Lipinski definition) is 8.